The van der Waals surface area contributed by atoms with E-state index >= 15 is 0 Å². The second kappa shape index (κ2) is 11.9. The van der Waals surface area contributed by atoms with Crippen molar-refractivity contribution in [3.63, 3.8) is 0 Å². The van der Waals surface area contributed by atoms with Crippen LogP contribution in [0.1, 0.15) is 23.6 Å². The number of thiophene rings is 1. The molecule has 0 unspecified atom stereocenters. The fourth-order valence-electron chi connectivity index (χ4n) is 7.13. The first-order valence-electron chi connectivity index (χ1n) is 16.6. The SMILES string of the molecule is C=C(c1ccc(-c2ccccc2)cc1)c1ccccc1N=C(C)c1cc(-n2c3ccccc3c3ccccc32)cc2c1sc1ccccc12. The predicted molar refractivity (Wildman–Crippen MR) is 212 cm³/mol. The fraction of sp³-hybridized carbons (Fsp3) is 0.0217. The molecule has 0 bridgehead atoms. The molecule has 9 rings (SSSR count). The maximum Gasteiger partial charge on any atom is 0.0711 e. The number of para-hydroxylation sites is 3. The Morgan fingerprint density at radius 3 is 1.88 bits per heavy atom. The summed E-state index contributed by atoms with van der Waals surface area (Å²) in [5, 5.41) is 5.03. The molecule has 9 aromatic rings. The topological polar surface area (TPSA) is 17.3 Å². The first-order valence-corrected chi connectivity index (χ1v) is 17.4. The van der Waals surface area contributed by atoms with E-state index in [0.717, 1.165) is 39.3 Å². The van der Waals surface area contributed by atoms with E-state index in [2.05, 4.69) is 176 Å². The molecule has 49 heavy (non-hydrogen) atoms. The van der Waals surface area contributed by atoms with Gasteiger partial charge < -0.3 is 4.57 Å². The number of benzene rings is 7. The van der Waals surface area contributed by atoms with Crippen molar-refractivity contribution in [1.29, 1.82) is 0 Å². The molecule has 0 aliphatic heterocycles. The first kappa shape index (κ1) is 29.1. The summed E-state index contributed by atoms with van der Waals surface area (Å²) in [7, 11) is 0. The Balaban J connectivity index is 1.20. The minimum absolute atomic E-state index is 0.911. The summed E-state index contributed by atoms with van der Waals surface area (Å²) in [6.07, 6.45) is 0. The molecule has 2 nitrogen and oxygen atoms in total. The molecule has 0 N–H and O–H groups in total. The van der Waals surface area contributed by atoms with E-state index in [1.807, 2.05) is 17.4 Å². The lowest BCUT2D eigenvalue weighted by molar-refractivity contribution is 1.18. The maximum atomic E-state index is 5.36. The number of fused-ring (bicyclic) bond motifs is 6. The largest absolute Gasteiger partial charge is 0.309 e. The molecule has 0 spiro atoms. The Morgan fingerprint density at radius 2 is 1.14 bits per heavy atom. The van der Waals surface area contributed by atoms with Gasteiger partial charge in [-0.1, -0.05) is 134 Å². The van der Waals surface area contributed by atoms with Gasteiger partial charge in [0.05, 0.1) is 16.7 Å². The second-order valence-electron chi connectivity index (χ2n) is 12.5. The summed E-state index contributed by atoms with van der Waals surface area (Å²) < 4.78 is 4.93. The van der Waals surface area contributed by atoms with Crippen LogP contribution in [0.4, 0.5) is 5.69 Å². The summed E-state index contributed by atoms with van der Waals surface area (Å²) in [4.78, 5) is 5.36. The van der Waals surface area contributed by atoms with Crippen LogP contribution in [0, 0.1) is 0 Å². The molecular formula is C46H32N2S. The van der Waals surface area contributed by atoms with Crippen molar-refractivity contribution in [3.05, 3.63) is 187 Å². The first-order chi connectivity index (χ1) is 24.1. The van der Waals surface area contributed by atoms with Gasteiger partial charge in [-0.15, -0.1) is 11.3 Å². The molecule has 0 atom stereocenters. The van der Waals surface area contributed by atoms with Gasteiger partial charge in [-0.05, 0) is 65.6 Å². The van der Waals surface area contributed by atoms with Crippen molar-refractivity contribution in [2.75, 3.05) is 0 Å². The summed E-state index contributed by atoms with van der Waals surface area (Å²) in [6.45, 7) is 6.69. The van der Waals surface area contributed by atoms with Gasteiger partial charge >= 0.3 is 0 Å². The maximum absolute atomic E-state index is 5.36. The van der Waals surface area contributed by atoms with E-state index in [4.69, 9.17) is 4.99 Å². The molecule has 0 saturated carbocycles. The number of hydrogen-bond acceptors (Lipinski definition) is 2. The van der Waals surface area contributed by atoms with Crippen LogP contribution in [0.25, 0.3) is 64.4 Å². The highest BCUT2D eigenvalue weighted by Crippen LogP contribution is 2.41. The van der Waals surface area contributed by atoms with E-state index in [9.17, 15) is 0 Å². The molecule has 0 radical (unpaired) electrons. The fourth-order valence-corrected chi connectivity index (χ4v) is 8.38. The summed E-state index contributed by atoms with van der Waals surface area (Å²) in [6, 6.07) is 58.3. The lowest BCUT2D eigenvalue weighted by Crippen LogP contribution is -2.00. The molecule has 0 saturated heterocycles. The Labute approximate surface area is 289 Å². The van der Waals surface area contributed by atoms with Gasteiger partial charge in [0.25, 0.3) is 0 Å². The number of rotatable bonds is 6. The molecule has 0 aliphatic rings. The van der Waals surface area contributed by atoms with Gasteiger partial charge in [0.1, 0.15) is 0 Å². The van der Waals surface area contributed by atoms with Crippen LogP contribution in [0.5, 0.6) is 0 Å². The third-order valence-corrected chi connectivity index (χ3v) is 10.8. The Morgan fingerprint density at radius 1 is 0.551 bits per heavy atom. The van der Waals surface area contributed by atoms with Crippen molar-refractivity contribution in [3.8, 4) is 16.8 Å². The average molecular weight is 645 g/mol. The summed E-state index contributed by atoms with van der Waals surface area (Å²) >= 11 is 1.84. The Kier molecular flexibility index (Phi) is 7.07. The van der Waals surface area contributed by atoms with E-state index in [0.29, 0.717) is 0 Å². The van der Waals surface area contributed by atoms with Crippen LogP contribution in [0.2, 0.25) is 0 Å². The third kappa shape index (κ3) is 4.99. The lowest BCUT2D eigenvalue weighted by atomic mass is 9.95. The molecular weight excluding hydrogens is 613 g/mol. The zero-order chi connectivity index (χ0) is 32.9. The highest BCUT2D eigenvalue weighted by molar-refractivity contribution is 7.26. The normalized spacial score (nSPS) is 12.0. The molecule has 2 aromatic heterocycles. The smallest absolute Gasteiger partial charge is 0.0711 e. The van der Waals surface area contributed by atoms with Gasteiger partial charge in [-0.3, -0.25) is 4.99 Å². The summed E-state index contributed by atoms with van der Waals surface area (Å²) in [5.74, 6) is 0. The number of aromatic nitrogens is 1. The quantitative estimate of drug-likeness (QED) is 0.160. The van der Waals surface area contributed by atoms with Crippen LogP contribution in [-0.2, 0) is 0 Å². The third-order valence-electron chi connectivity index (χ3n) is 9.55. The molecule has 0 amide bonds. The van der Waals surface area contributed by atoms with E-state index < -0.39 is 0 Å². The monoisotopic (exact) mass is 644 g/mol. The average Bonchev–Trinajstić information content (AvgIpc) is 3.71. The lowest BCUT2D eigenvalue weighted by Gasteiger charge is -2.14. The zero-order valence-electron chi connectivity index (χ0n) is 27.1. The zero-order valence-corrected chi connectivity index (χ0v) is 27.9. The van der Waals surface area contributed by atoms with E-state index in [1.54, 1.807) is 0 Å². The van der Waals surface area contributed by atoms with Crippen LogP contribution < -0.4 is 0 Å². The van der Waals surface area contributed by atoms with Crippen LogP contribution in [-0.4, -0.2) is 10.3 Å². The van der Waals surface area contributed by atoms with Crippen molar-refractivity contribution in [2.24, 2.45) is 4.99 Å². The van der Waals surface area contributed by atoms with Gasteiger partial charge in [0, 0.05) is 53.5 Å². The highest BCUT2D eigenvalue weighted by Gasteiger charge is 2.18. The van der Waals surface area contributed by atoms with Crippen LogP contribution >= 0.6 is 11.3 Å². The molecule has 7 aromatic carbocycles. The second-order valence-corrected chi connectivity index (χ2v) is 13.5. The van der Waals surface area contributed by atoms with Crippen LogP contribution in [0.15, 0.2) is 175 Å². The van der Waals surface area contributed by atoms with Crippen molar-refractivity contribution in [2.45, 2.75) is 6.92 Å². The summed E-state index contributed by atoms with van der Waals surface area (Å²) in [5.41, 5.74) is 12.0. The van der Waals surface area contributed by atoms with Crippen molar-refractivity contribution < 1.29 is 0 Å². The minimum atomic E-state index is 0.911. The Bertz CT molecular complexity index is 2670. The van der Waals surface area contributed by atoms with E-state index in [1.165, 1.54) is 53.1 Å². The van der Waals surface area contributed by atoms with Crippen molar-refractivity contribution >= 4 is 70.3 Å². The number of hydrogen-bond donors (Lipinski definition) is 0. The van der Waals surface area contributed by atoms with Crippen molar-refractivity contribution in [1.82, 2.24) is 4.57 Å². The predicted octanol–water partition coefficient (Wildman–Crippen LogP) is 13.0. The molecule has 0 aliphatic carbocycles. The van der Waals surface area contributed by atoms with Gasteiger partial charge in [0.2, 0.25) is 0 Å². The number of aliphatic imine (C=N–C) groups is 1. The molecule has 232 valence electrons. The highest BCUT2D eigenvalue weighted by atomic mass is 32.1. The van der Waals surface area contributed by atoms with Gasteiger partial charge in [0.15, 0.2) is 0 Å². The standard InChI is InChI=1S/C46H32N2S/c1-30(32-24-26-34(27-25-32)33-14-4-3-5-15-33)36-16-6-10-20-42(36)47-31(2)40-28-35(29-41-39-19-9-13-23-45(39)49-46(40)41)48-43-21-11-7-17-37(43)38-18-8-12-22-44(38)48/h3-29H,1H2,2H3. The van der Waals surface area contributed by atoms with Gasteiger partial charge in [-0.25, -0.2) is 0 Å². The Hall–Kier alpha value is -6.03. The minimum Gasteiger partial charge on any atom is -0.309 e. The number of nitrogens with zero attached hydrogens (tertiary/aromatic N) is 2. The van der Waals surface area contributed by atoms with Gasteiger partial charge in [-0.2, -0.15) is 0 Å². The molecule has 2 heterocycles. The molecule has 3 heteroatoms. The van der Waals surface area contributed by atoms with Crippen LogP contribution in [0.3, 0.4) is 0 Å². The van der Waals surface area contributed by atoms with E-state index in [-0.39, 0.29) is 0 Å². The molecule has 0 fully saturated rings.